The highest BCUT2D eigenvalue weighted by Crippen LogP contribution is 2.39. The van der Waals surface area contributed by atoms with E-state index in [2.05, 4.69) is 13.0 Å². The lowest BCUT2D eigenvalue weighted by molar-refractivity contribution is -0.148. The molecule has 0 heterocycles. The molecule has 0 spiro atoms. The number of aryl methyl sites for hydroxylation is 1. The summed E-state index contributed by atoms with van der Waals surface area (Å²) in [7, 11) is 0. The van der Waals surface area contributed by atoms with Gasteiger partial charge in [0, 0.05) is 18.9 Å². The standard InChI is InChI=1S/C21H28O6/c1-12-8-15-5-4-13(2)18(21(15)19(9-12)27-14(3)22)7-6-16(23)10-17(24)11-20(25)26/h4-7,12,16-17,19,23-24H,8-11H2,1-3H3,(H,25,26)/b7-6+. The molecule has 6 heteroatoms. The molecule has 4 unspecified atom stereocenters. The zero-order chi connectivity index (χ0) is 20.1. The van der Waals surface area contributed by atoms with Crippen LogP contribution in [-0.2, 0) is 20.7 Å². The van der Waals surface area contributed by atoms with Gasteiger partial charge in [0.15, 0.2) is 0 Å². The first-order chi connectivity index (χ1) is 12.7. The van der Waals surface area contributed by atoms with Crippen molar-refractivity contribution in [1.29, 1.82) is 0 Å². The van der Waals surface area contributed by atoms with Gasteiger partial charge in [0.05, 0.1) is 18.6 Å². The third kappa shape index (κ3) is 5.91. The molecule has 2 rings (SSSR count). The molecule has 0 saturated carbocycles. The summed E-state index contributed by atoms with van der Waals surface area (Å²) >= 11 is 0. The summed E-state index contributed by atoms with van der Waals surface area (Å²) in [6, 6.07) is 4.06. The number of carbonyl (C=O) groups is 2. The Kier molecular flexibility index (Phi) is 7.16. The van der Waals surface area contributed by atoms with Crippen molar-refractivity contribution in [2.24, 2.45) is 5.92 Å². The van der Waals surface area contributed by atoms with Crippen molar-refractivity contribution < 1.29 is 29.6 Å². The van der Waals surface area contributed by atoms with Crippen molar-refractivity contribution in [3.05, 3.63) is 40.5 Å². The van der Waals surface area contributed by atoms with Crippen molar-refractivity contribution in [2.75, 3.05) is 0 Å². The highest BCUT2D eigenvalue weighted by atomic mass is 16.5. The zero-order valence-electron chi connectivity index (χ0n) is 16.0. The van der Waals surface area contributed by atoms with Gasteiger partial charge in [-0.3, -0.25) is 9.59 Å². The number of fused-ring (bicyclic) bond motifs is 1. The Labute approximate surface area is 159 Å². The fourth-order valence-corrected chi connectivity index (χ4v) is 3.67. The second kappa shape index (κ2) is 9.15. The lowest BCUT2D eigenvalue weighted by atomic mass is 9.79. The lowest BCUT2D eigenvalue weighted by Gasteiger charge is -2.31. The number of benzene rings is 1. The molecule has 0 aliphatic heterocycles. The van der Waals surface area contributed by atoms with Gasteiger partial charge in [0.1, 0.15) is 6.10 Å². The third-order valence-corrected chi connectivity index (χ3v) is 4.82. The fraction of sp³-hybridized carbons (Fsp3) is 0.524. The maximum atomic E-state index is 11.5. The average Bonchev–Trinajstić information content (AvgIpc) is 2.52. The molecule has 1 aliphatic rings. The monoisotopic (exact) mass is 376 g/mol. The number of aliphatic carboxylic acids is 1. The molecule has 0 saturated heterocycles. The molecule has 148 valence electrons. The highest BCUT2D eigenvalue weighted by molar-refractivity contribution is 5.68. The first kappa shape index (κ1) is 21.1. The molecule has 0 aromatic heterocycles. The van der Waals surface area contributed by atoms with Gasteiger partial charge in [-0.15, -0.1) is 0 Å². The summed E-state index contributed by atoms with van der Waals surface area (Å²) in [5.74, 6) is -1.03. The van der Waals surface area contributed by atoms with Crippen LogP contribution in [0.2, 0.25) is 0 Å². The Balaban J connectivity index is 2.27. The van der Waals surface area contributed by atoms with Crippen molar-refractivity contribution in [2.45, 2.75) is 64.8 Å². The number of aliphatic hydroxyl groups excluding tert-OH is 2. The normalized spacial score (nSPS) is 21.5. The molecule has 4 atom stereocenters. The maximum absolute atomic E-state index is 11.5. The molecular weight excluding hydrogens is 348 g/mol. The molecule has 27 heavy (non-hydrogen) atoms. The van der Waals surface area contributed by atoms with Crippen LogP contribution in [0.5, 0.6) is 0 Å². The van der Waals surface area contributed by atoms with E-state index >= 15 is 0 Å². The van der Waals surface area contributed by atoms with E-state index in [-0.39, 0.29) is 18.5 Å². The smallest absolute Gasteiger partial charge is 0.305 e. The van der Waals surface area contributed by atoms with Crippen molar-refractivity contribution >= 4 is 18.0 Å². The lowest BCUT2D eigenvalue weighted by Crippen LogP contribution is -2.22. The van der Waals surface area contributed by atoms with Crippen LogP contribution < -0.4 is 0 Å². The second-order valence-corrected chi connectivity index (χ2v) is 7.43. The fourth-order valence-electron chi connectivity index (χ4n) is 3.67. The zero-order valence-corrected chi connectivity index (χ0v) is 16.0. The quantitative estimate of drug-likeness (QED) is 0.632. The van der Waals surface area contributed by atoms with Crippen LogP contribution in [-0.4, -0.2) is 39.5 Å². The number of hydrogen-bond acceptors (Lipinski definition) is 5. The van der Waals surface area contributed by atoms with E-state index in [4.69, 9.17) is 9.84 Å². The summed E-state index contributed by atoms with van der Waals surface area (Å²) in [5.41, 5.74) is 4.00. The minimum atomic E-state index is -1.11. The molecule has 0 amide bonds. The summed E-state index contributed by atoms with van der Waals surface area (Å²) in [4.78, 5) is 22.2. The Morgan fingerprint density at radius 3 is 2.67 bits per heavy atom. The van der Waals surface area contributed by atoms with Crippen molar-refractivity contribution in [1.82, 2.24) is 0 Å². The predicted molar refractivity (Wildman–Crippen MR) is 101 cm³/mol. The van der Waals surface area contributed by atoms with E-state index in [1.165, 1.54) is 6.92 Å². The van der Waals surface area contributed by atoms with Crippen molar-refractivity contribution in [3.63, 3.8) is 0 Å². The molecular formula is C21H28O6. The minimum Gasteiger partial charge on any atom is -0.481 e. The van der Waals surface area contributed by atoms with Gasteiger partial charge in [0.25, 0.3) is 0 Å². The van der Waals surface area contributed by atoms with Crippen LogP contribution in [0.1, 0.15) is 61.5 Å². The van der Waals surface area contributed by atoms with Gasteiger partial charge >= 0.3 is 11.9 Å². The molecule has 0 fully saturated rings. The largest absolute Gasteiger partial charge is 0.481 e. The number of carboxylic acid groups (broad SMARTS) is 1. The van der Waals surface area contributed by atoms with Crippen LogP contribution in [0, 0.1) is 12.8 Å². The summed E-state index contributed by atoms with van der Waals surface area (Å²) < 4.78 is 5.56. The van der Waals surface area contributed by atoms with E-state index in [1.54, 1.807) is 12.2 Å². The first-order valence-electron chi connectivity index (χ1n) is 9.23. The number of carboxylic acids is 1. The Hall–Kier alpha value is -2.18. The van der Waals surface area contributed by atoms with Crippen LogP contribution in [0.25, 0.3) is 6.08 Å². The minimum absolute atomic E-state index is 0.0543. The molecule has 1 aromatic carbocycles. The number of carbonyl (C=O) groups excluding carboxylic acids is 1. The first-order valence-corrected chi connectivity index (χ1v) is 9.23. The SMILES string of the molecule is CC(=O)OC1CC(C)Cc2ccc(C)c(/C=C/C(O)CC(O)CC(=O)O)c21. The van der Waals surface area contributed by atoms with Crippen LogP contribution in [0.15, 0.2) is 18.2 Å². The Bertz CT molecular complexity index is 724. The van der Waals surface area contributed by atoms with Gasteiger partial charge in [0.2, 0.25) is 0 Å². The summed E-state index contributed by atoms with van der Waals surface area (Å²) in [6.07, 6.45) is 2.11. The Morgan fingerprint density at radius 1 is 1.33 bits per heavy atom. The van der Waals surface area contributed by atoms with Gasteiger partial charge in [-0.1, -0.05) is 31.2 Å². The summed E-state index contributed by atoms with van der Waals surface area (Å²) in [5, 5.41) is 28.5. The van der Waals surface area contributed by atoms with E-state index in [9.17, 15) is 19.8 Å². The van der Waals surface area contributed by atoms with E-state index in [0.717, 1.165) is 35.1 Å². The number of ether oxygens (including phenoxy) is 1. The van der Waals surface area contributed by atoms with Crippen molar-refractivity contribution in [3.8, 4) is 0 Å². The molecule has 1 aromatic rings. The van der Waals surface area contributed by atoms with Crippen LogP contribution in [0.3, 0.4) is 0 Å². The molecule has 6 nitrogen and oxygen atoms in total. The van der Waals surface area contributed by atoms with E-state index in [0.29, 0.717) is 5.92 Å². The maximum Gasteiger partial charge on any atom is 0.305 e. The average molecular weight is 376 g/mol. The molecule has 0 bridgehead atoms. The number of esters is 1. The molecule has 1 aliphatic carbocycles. The van der Waals surface area contributed by atoms with Gasteiger partial charge in [-0.05, 0) is 42.4 Å². The third-order valence-electron chi connectivity index (χ3n) is 4.82. The van der Waals surface area contributed by atoms with E-state index < -0.39 is 24.6 Å². The van der Waals surface area contributed by atoms with Gasteiger partial charge < -0.3 is 20.1 Å². The highest BCUT2D eigenvalue weighted by Gasteiger charge is 2.29. The number of hydrogen-bond donors (Lipinski definition) is 3. The number of rotatable bonds is 7. The van der Waals surface area contributed by atoms with Gasteiger partial charge in [-0.2, -0.15) is 0 Å². The van der Waals surface area contributed by atoms with E-state index in [1.807, 2.05) is 13.0 Å². The Morgan fingerprint density at radius 2 is 2.04 bits per heavy atom. The number of aliphatic hydroxyl groups is 2. The summed E-state index contributed by atoms with van der Waals surface area (Å²) in [6.45, 7) is 5.48. The molecule has 0 radical (unpaired) electrons. The van der Waals surface area contributed by atoms with Gasteiger partial charge in [-0.25, -0.2) is 0 Å². The van der Waals surface area contributed by atoms with Crippen LogP contribution in [0.4, 0.5) is 0 Å². The second-order valence-electron chi connectivity index (χ2n) is 7.43. The molecule has 3 N–H and O–H groups in total. The van der Waals surface area contributed by atoms with Crippen LogP contribution >= 0.6 is 0 Å². The topological polar surface area (TPSA) is 104 Å². The predicted octanol–water partition coefficient (Wildman–Crippen LogP) is 2.78.